The molecule has 1 amide bonds. The Kier molecular flexibility index (Phi) is 5.24. The van der Waals surface area contributed by atoms with Gasteiger partial charge in [0.25, 0.3) is 0 Å². The molecule has 0 spiro atoms. The van der Waals surface area contributed by atoms with Gasteiger partial charge in [-0.2, -0.15) is 0 Å². The molecule has 5 nitrogen and oxygen atoms in total. The van der Waals surface area contributed by atoms with Crippen molar-refractivity contribution in [2.24, 2.45) is 0 Å². The van der Waals surface area contributed by atoms with Gasteiger partial charge in [-0.05, 0) is 36.6 Å². The molecule has 2 rings (SSSR count). The zero-order valence-electron chi connectivity index (χ0n) is 12.2. The van der Waals surface area contributed by atoms with Crippen LogP contribution in [0.25, 0.3) is 0 Å². The second-order valence-electron chi connectivity index (χ2n) is 5.07. The Balaban J connectivity index is 1.91. The van der Waals surface area contributed by atoms with Gasteiger partial charge < -0.3 is 20.3 Å². The number of methoxy groups -OCH3 is 1. The maximum atomic E-state index is 11.8. The number of ether oxygens (including phenoxy) is 1. The quantitative estimate of drug-likeness (QED) is 0.768. The molecule has 0 fully saturated rings. The molecule has 1 heterocycles. The molecular weight excluding hydrogens is 254 g/mol. The van der Waals surface area contributed by atoms with Crippen LogP contribution in [0.1, 0.15) is 12.0 Å². The van der Waals surface area contributed by atoms with Crippen molar-refractivity contribution in [2.75, 3.05) is 50.6 Å². The monoisotopic (exact) mass is 277 g/mol. The van der Waals surface area contributed by atoms with E-state index in [2.05, 4.69) is 28.8 Å². The number of nitrogens with one attached hydrogen (secondary N) is 2. The lowest BCUT2D eigenvalue weighted by Gasteiger charge is -2.23. The average molecular weight is 277 g/mol. The number of rotatable bonds is 6. The van der Waals surface area contributed by atoms with Gasteiger partial charge in [-0.1, -0.05) is 0 Å². The van der Waals surface area contributed by atoms with Gasteiger partial charge >= 0.3 is 0 Å². The Morgan fingerprint density at radius 2 is 2.35 bits per heavy atom. The summed E-state index contributed by atoms with van der Waals surface area (Å²) in [6.07, 6.45) is 2.27. The second kappa shape index (κ2) is 7.14. The normalized spacial score (nSPS) is 13.3. The van der Waals surface area contributed by atoms with E-state index in [0.717, 1.165) is 25.1 Å². The first-order valence-corrected chi connectivity index (χ1v) is 7.04. The van der Waals surface area contributed by atoms with E-state index in [-0.39, 0.29) is 5.91 Å². The van der Waals surface area contributed by atoms with Crippen LogP contribution in [0.3, 0.4) is 0 Å². The summed E-state index contributed by atoms with van der Waals surface area (Å²) in [5.74, 6) is 0.0143. The first kappa shape index (κ1) is 14.7. The van der Waals surface area contributed by atoms with Crippen molar-refractivity contribution in [3.63, 3.8) is 0 Å². The van der Waals surface area contributed by atoms with Gasteiger partial charge in [-0.15, -0.1) is 0 Å². The summed E-state index contributed by atoms with van der Waals surface area (Å²) < 4.78 is 4.91. The zero-order chi connectivity index (χ0) is 14.4. The van der Waals surface area contributed by atoms with Crippen LogP contribution in [0, 0.1) is 0 Å². The van der Waals surface area contributed by atoms with Crippen LogP contribution in [0.15, 0.2) is 18.2 Å². The number of carbonyl (C=O) groups is 1. The summed E-state index contributed by atoms with van der Waals surface area (Å²) in [7, 11) is 3.56. The van der Waals surface area contributed by atoms with Crippen molar-refractivity contribution in [3.05, 3.63) is 23.8 Å². The number of amides is 1. The Morgan fingerprint density at radius 3 is 3.15 bits per heavy atom. The number of benzene rings is 1. The molecule has 110 valence electrons. The van der Waals surface area contributed by atoms with Gasteiger partial charge in [0.05, 0.1) is 13.2 Å². The van der Waals surface area contributed by atoms with Crippen molar-refractivity contribution in [2.45, 2.75) is 12.8 Å². The molecule has 0 atom stereocenters. The summed E-state index contributed by atoms with van der Waals surface area (Å²) in [6.45, 7) is 2.50. The molecule has 1 aliphatic rings. The fourth-order valence-corrected chi connectivity index (χ4v) is 2.35. The zero-order valence-corrected chi connectivity index (χ0v) is 12.2. The highest BCUT2D eigenvalue weighted by Crippen LogP contribution is 2.26. The Labute approximate surface area is 120 Å². The highest BCUT2D eigenvalue weighted by Gasteiger charge is 2.12. The molecule has 0 aliphatic carbocycles. The number of carbonyl (C=O) groups excluding carboxylic acids is 1. The first-order chi connectivity index (χ1) is 9.70. The fraction of sp³-hybridized carbons (Fsp3) is 0.533. The van der Waals surface area contributed by atoms with Crippen LogP contribution < -0.4 is 15.5 Å². The fourth-order valence-electron chi connectivity index (χ4n) is 2.35. The van der Waals surface area contributed by atoms with Crippen molar-refractivity contribution in [1.29, 1.82) is 0 Å². The van der Waals surface area contributed by atoms with E-state index in [1.165, 1.54) is 11.3 Å². The van der Waals surface area contributed by atoms with Crippen LogP contribution in [-0.2, 0) is 16.0 Å². The van der Waals surface area contributed by atoms with E-state index in [9.17, 15) is 4.79 Å². The topological polar surface area (TPSA) is 53.6 Å². The smallest absolute Gasteiger partial charge is 0.239 e. The van der Waals surface area contributed by atoms with Crippen LogP contribution in [0.5, 0.6) is 0 Å². The summed E-state index contributed by atoms with van der Waals surface area (Å²) in [6, 6.07) is 6.33. The number of likely N-dealkylation sites (N-methyl/N-ethyl adjacent to an activating group) is 1. The Morgan fingerprint density at radius 1 is 1.50 bits per heavy atom. The number of aryl methyl sites for hydroxylation is 1. The SMILES string of the molecule is COCCNC(=O)CN(C)c1ccc2c(c1)CCCN2. The lowest BCUT2D eigenvalue weighted by atomic mass is 10.0. The van der Waals surface area contributed by atoms with Crippen molar-refractivity contribution in [3.8, 4) is 0 Å². The predicted molar refractivity (Wildman–Crippen MR) is 81.4 cm³/mol. The van der Waals surface area contributed by atoms with E-state index in [1.54, 1.807) is 7.11 Å². The highest BCUT2D eigenvalue weighted by atomic mass is 16.5. The second-order valence-corrected chi connectivity index (χ2v) is 5.07. The minimum Gasteiger partial charge on any atom is -0.385 e. The number of hydrogen-bond donors (Lipinski definition) is 2. The van der Waals surface area contributed by atoms with Gasteiger partial charge in [-0.25, -0.2) is 0 Å². The molecule has 5 heteroatoms. The van der Waals surface area contributed by atoms with Gasteiger partial charge in [-0.3, -0.25) is 4.79 Å². The average Bonchev–Trinajstić information content (AvgIpc) is 2.47. The van der Waals surface area contributed by atoms with Gasteiger partial charge in [0.1, 0.15) is 0 Å². The van der Waals surface area contributed by atoms with Gasteiger partial charge in [0, 0.05) is 38.6 Å². The van der Waals surface area contributed by atoms with Crippen molar-refractivity contribution < 1.29 is 9.53 Å². The van der Waals surface area contributed by atoms with Crippen LogP contribution in [0.2, 0.25) is 0 Å². The minimum atomic E-state index is 0.0143. The van der Waals surface area contributed by atoms with E-state index in [4.69, 9.17) is 4.74 Å². The lowest BCUT2D eigenvalue weighted by Crippen LogP contribution is -2.36. The van der Waals surface area contributed by atoms with E-state index in [1.807, 2.05) is 11.9 Å². The molecule has 1 aromatic carbocycles. The summed E-state index contributed by atoms with van der Waals surface area (Å²) in [5.41, 5.74) is 3.63. The number of nitrogens with zero attached hydrogens (tertiary/aromatic N) is 1. The third-order valence-electron chi connectivity index (χ3n) is 3.48. The highest BCUT2D eigenvalue weighted by molar-refractivity contribution is 5.81. The number of hydrogen-bond acceptors (Lipinski definition) is 4. The molecule has 0 saturated carbocycles. The molecule has 0 bridgehead atoms. The van der Waals surface area contributed by atoms with Crippen LogP contribution >= 0.6 is 0 Å². The summed E-state index contributed by atoms with van der Waals surface area (Å²) in [5, 5.41) is 6.22. The van der Waals surface area contributed by atoms with Crippen molar-refractivity contribution in [1.82, 2.24) is 5.32 Å². The molecule has 0 radical (unpaired) electrons. The third-order valence-corrected chi connectivity index (χ3v) is 3.48. The van der Waals surface area contributed by atoms with Crippen LogP contribution in [0.4, 0.5) is 11.4 Å². The standard InChI is InChI=1S/C15H23N3O2/c1-18(11-15(19)17-8-9-20-2)13-5-6-14-12(10-13)4-3-7-16-14/h5-6,10,16H,3-4,7-9,11H2,1-2H3,(H,17,19). The maximum absolute atomic E-state index is 11.8. The Bertz CT molecular complexity index is 462. The summed E-state index contributed by atoms with van der Waals surface area (Å²) in [4.78, 5) is 13.7. The number of anilines is 2. The third kappa shape index (κ3) is 3.87. The van der Waals surface area contributed by atoms with E-state index < -0.39 is 0 Å². The molecule has 1 aromatic rings. The molecule has 20 heavy (non-hydrogen) atoms. The Hall–Kier alpha value is -1.75. The van der Waals surface area contributed by atoms with Crippen LogP contribution in [-0.4, -0.2) is 46.3 Å². The van der Waals surface area contributed by atoms with E-state index >= 15 is 0 Å². The van der Waals surface area contributed by atoms with E-state index in [0.29, 0.717) is 19.7 Å². The molecule has 2 N–H and O–H groups in total. The van der Waals surface area contributed by atoms with Gasteiger partial charge in [0.15, 0.2) is 0 Å². The largest absolute Gasteiger partial charge is 0.385 e. The molecular formula is C15H23N3O2. The number of fused-ring (bicyclic) bond motifs is 1. The predicted octanol–water partition coefficient (Wildman–Crippen LogP) is 1.24. The lowest BCUT2D eigenvalue weighted by molar-refractivity contribution is -0.119. The minimum absolute atomic E-state index is 0.0143. The summed E-state index contributed by atoms with van der Waals surface area (Å²) >= 11 is 0. The molecule has 0 unspecified atom stereocenters. The van der Waals surface area contributed by atoms with Crippen molar-refractivity contribution >= 4 is 17.3 Å². The molecule has 0 aromatic heterocycles. The maximum Gasteiger partial charge on any atom is 0.239 e. The van der Waals surface area contributed by atoms with Gasteiger partial charge in [0.2, 0.25) is 5.91 Å². The molecule has 0 saturated heterocycles. The molecule has 1 aliphatic heterocycles. The first-order valence-electron chi connectivity index (χ1n) is 7.04.